The SMILES string of the molecule is Cc1c(C(=O)O)oc2ccc(S(=O)(=O)NC(C)c3cccc(-c4ccsc4)c3)cc12. The number of carboxylic acids is 1. The molecule has 0 aliphatic rings. The molecule has 6 nitrogen and oxygen atoms in total. The quantitative estimate of drug-likeness (QED) is 0.428. The zero-order valence-electron chi connectivity index (χ0n) is 16.2. The Morgan fingerprint density at radius 3 is 2.63 bits per heavy atom. The lowest BCUT2D eigenvalue weighted by molar-refractivity contribution is 0.0664. The summed E-state index contributed by atoms with van der Waals surface area (Å²) in [5.41, 5.74) is 3.69. The van der Waals surface area contributed by atoms with Gasteiger partial charge in [-0.3, -0.25) is 0 Å². The Labute approximate surface area is 177 Å². The summed E-state index contributed by atoms with van der Waals surface area (Å²) in [5, 5.41) is 13.7. The van der Waals surface area contributed by atoms with Gasteiger partial charge in [0.15, 0.2) is 0 Å². The van der Waals surface area contributed by atoms with Crippen molar-refractivity contribution in [2.24, 2.45) is 0 Å². The molecule has 154 valence electrons. The summed E-state index contributed by atoms with van der Waals surface area (Å²) in [5.74, 6) is -1.38. The van der Waals surface area contributed by atoms with E-state index in [-0.39, 0.29) is 10.7 Å². The number of carboxylic acid groups (broad SMARTS) is 1. The van der Waals surface area contributed by atoms with Crippen LogP contribution in [0.1, 0.15) is 34.6 Å². The van der Waals surface area contributed by atoms with E-state index in [1.165, 1.54) is 18.2 Å². The van der Waals surface area contributed by atoms with E-state index in [0.717, 1.165) is 16.7 Å². The number of hydrogen-bond acceptors (Lipinski definition) is 5. The standard InChI is InChI=1S/C22H19NO5S2/c1-13-19-11-18(6-7-20(19)28-21(13)22(24)25)30(26,27)23-14(2)15-4-3-5-16(10-15)17-8-9-29-12-17/h3-12,14,23H,1-2H3,(H,24,25). The van der Waals surface area contributed by atoms with Gasteiger partial charge < -0.3 is 9.52 Å². The Balaban J connectivity index is 1.63. The lowest BCUT2D eigenvalue weighted by Crippen LogP contribution is -2.26. The summed E-state index contributed by atoms with van der Waals surface area (Å²) < 4.78 is 34.0. The van der Waals surface area contributed by atoms with Crippen LogP contribution in [-0.2, 0) is 10.0 Å². The number of rotatable bonds is 6. The van der Waals surface area contributed by atoms with E-state index >= 15 is 0 Å². The predicted molar refractivity (Wildman–Crippen MR) is 116 cm³/mol. The van der Waals surface area contributed by atoms with Gasteiger partial charge >= 0.3 is 5.97 Å². The van der Waals surface area contributed by atoms with Gasteiger partial charge in [0.05, 0.1) is 4.90 Å². The minimum absolute atomic E-state index is 0.0525. The normalized spacial score (nSPS) is 12.9. The molecule has 1 unspecified atom stereocenters. The number of furan rings is 1. The molecular weight excluding hydrogens is 422 g/mol. The molecule has 0 radical (unpaired) electrons. The Morgan fingerprint density at radius 2 is 1.93 bits per heavy atom. The van der Waals surface area contributed by atoms with Crippen molar-refractivity contribution in [2.45, 2.75) is 24.8 Å². The van der Waals surface area contributed by atoms with Crippen molar-refractivity contribution >= 4 is 38.3 Å². The van der Waals surface area contributed by atoms with E-state index < -0.39 is 22.0 Å². The number of fused-ring (bicyclic) bond motifs is 1. The smallest absolute Gasteiger partial charge is 0.372 e. The first-order chi connectivity index (χ1) is 14.3. The summed E-state index contributed by atoms with van der Waals surface area (Å²) >= 11 is 1.61. The van der Waals surface area contributed by atoms with E-state index in [1.54, 1.807) is 25.2 Å². The minimum atomic E-state index is -3.83. The van der Waals surface area contributed by atoms with Gasteiger partial charge in [-0.1, -0.05) is 18.2 Å². The highest BCUT2D eigenvalue weighted by Gasteiger charge is 2.22. The van der Waals surface area contributed by atoms with Gasteiger partial charge in [0.1, 0.15) is 5.58 Å². The van der Waals surface area contributed by atoms with Gasteiger partial charge in [-0.2, -0.15) is 11.3 Å². The lowest BCUT2D eigenvalue weighted by atomic mass is 10.0. The third-order valence-corrected chi connectivity index (χ3v) is 7.21. The molecule has 0 saturated carbocycles. The summed E-state index contributed by atoms with van der Waals surface area (Å²) in [6, 6.07) is 13.6. The van der Waals surface area contributed by atoms with Crippen molar-refractivity contribution in [3.63, 3.8) is 0 Å². The molecule has 0 aliphatic carbocycles. The average molecular weight is 442 g/mol. The van der Waals surface area contributed by atoms with E-state index in [0.29, 0.717) is 16.5 Å². The van der Waals surface area contributed by atoms with E-state index in [2.05, 4.69) is 4.72 Å². The van der Waals surface area contributed by atoms with Crippen LogP contribution in [0.15, 0.2) is 68.6 Å². The number of carbonyl (C=O) groups is 1. The molecule has 30 heavy (non-hydrogen) atoms. The molecule has 4 aromatic rings. The van der Waals surface area contributed by atoms with E-state index in [9.17, 15) is 18.3 Å². The highest BCUT2D eigenvalue weighted by Crippen LogP contribution is 2.29. The number of aromatic carboxylic acids is 1. The Kier molecular flexibility index (Phi) is 5.23. The first kappa shape index (κ1) is 20.3. The third-order valence-electron chi connectivity index (χ3n) is 4.99. The zero-order valence-corrected chi connectivity index (χ0v) is 17.9. The van der Waals surface area contributed by atoms with Crippen LogP contribution in [0.5, 0.6) is 0 Å². The zero-order chi connectivity index (χ0) is 21.5. The van der Waals surface area contributed by atoms with Gasteiger partial charge in [-0.05, 0) is 71.6 Å². The molecule has 0 aliphatic heterocycles. The Hall–Kier alpha value is -2.94. The van der Waals surface area contributed by atoms with Crippen LogP contribution in [-0.4, -0.2) is 19.5 Å². The maximum Gasteiger partial charge on any atom is 0.372 e. The minimum Gasteiger partial charge on any atom is -0.475 e. The second-order valence-electron chi connectivity index (χ2n) is 7.00. The fourth-order valence-electron chi connectivity index (χ4n) is 3.36. The molecule has 0 fully saturated rings. The van der Waals surface area contributed by atoms with Crippen LogP contribution in [0.2, 0.25) is 0 Å². The van der Waals surface area contributed by atoms with Crippen molar-refractivity contribution in [3.05, 3.63) is 76.2 Å². The number of benzene rings is 2. The summed E-state index contributed by atoms with van der Waals surface area (Å²) in [6.45, 7) is 3.38. The lowest BCUT2D eigenvalue weighted by Gasteiger charge is -2.16. The average Bonchev–Trinajstić information content (AvgIpc) is 3.36. The van der Waals surface area contributed by atoms with Gasteiger partial charge in [0.25, 0.3) is 0 Å². The van der Waals surface area contributed by atoms with Crippen LogP contribution in [0.4, 0.5) is 0 Å². The molecule has 4 rings (SSSR count). The molecule has 2 heterocycles. The summed E-state index contributed by atoms with van der Waals surface area (Å²) in [7, 11) is -3.83. The van der Waals surface area contributed by atoms with Crippen LogP contribution >= 0.6 is 11.3 Å². The fourth-order valence-corrected chi connectivity index (χ4v) is 5.28. The fraction of sp³-hybridized carbons (Fsp3) is 0.136. The third kappa shape index (κ3) is 3.77. The van der Waals surface area contributed by atoms with E-state index in [1.807, 2.05) is 41.1 Å². The number of sulfonamides is 1. The number of nitrogens with one attached hydrogen (secondary N) is 1. The second-order valence-corrected chi connectivity index (χ2v) is 9.49. The van der Waals surface area contributed by atoms with Gasteiger partial charge in [0.2, 0.25) is 15.8 Å². The molecule has 2 aromatic heterocycles. The Morgan fingerprint density at radius 1 is 1.13 bits per heavy atom. The molecule has 0 spiro atoms. The second kappa shape index (κ2) is 7.71. The van der Waals surface area contributed by atoms with Crippen molar-refractivity contribution in [1.82, 2.24) is 4.72 Å². The molecule has 0 amide bonds. The maximum atomic E-state index is 13.0. The van der Waals surface area contributed by atoms with Crippen molar-refractivity contribution < 1.29 is 22.7 Å². The predicted octanol–water partition coefficient (Wildman–Crippen LogP) is 5.21. The molecule has 8 heteroatoms. The molecule has 2 N–H and O–H groups in total. The summed E-state index contributed by atoms with van der Waals surface area (Å²) in [4.78, 5) is 11.3. The largest absolute Gasteiger partial charge is 0.475 e. The number of hydrogen-bond donors (Lipinski definition) is 2. The van der Waals surface area contributed by atoms with Crippen LogP contribution in [0, 0.1) is 6.92 Å². The summed E-state index contributed by atoms with van der Waals surface area (Å²) in [6.07, 6.45) is 0. The van der Waals surface area contributed by atoms with Crippen molar-refractivity contribution in [3.8, 4) is 11.1 Å². The van der Waals surface area contributed by atoms with Gasteiger partial charge in [-0.25, -0.2) is 17.9 Å². The molecule has 1 atom stereocenters. The van der Waals surface area contributed by atoms with Crippen molar-refractivity contribution in [1.29, 1.82) is 0 Å². The highest BCUT2D eigenvalue weighted by atomic mass is 32.2. The van der Waals surface area contributed by atoms with Crippen LogP contribution in [0.25, 0.3) is 22.1 Å². The van der Waals surface area contributed by atoms with Gasteiger partial charge in [-0.15, -0.1) is 0 Å². The molecule has 0 bridgehead atoms. The number of thiophene rings is 1. The first-order valence-corrected chi connectivity index (χ1v) is 11.6. The maximum absolute atomic E-state index is 13.0. The molecule has 2 aromatic carbocycles. The topological polar surface area (TPSA) is 96.6 Å². The molecular formula is C22H19NO5S2. The molecule has 0 saturated heterocycles. The highest BCUT2D eigenvalue weighted by molar-refractivity contribution is 7.89. The van der Waals surface area contributed by atoms with Crippen molar-refractivity contribution in [2.75, 3.05) is 0 Å². The van der Waals surface area contributed by atoms with E-state index in [4.69, 9.17) is 4.42 Å². The van der Waals surface area contributed by atoms with Gasteiger partial charge in [0, 0.05) is 17.0 Å². The number of aryl methyl sites for hydroxylation is 1. The monoisotopic (exact) mass is 441 g/mol. The van der Waals surface area contributed by atoms with Crippen LogP contribution in [0.3, 0.4) is 0 Å². The van der Waals surface area contributed by atoms with Crippen LogP contribution < -0.4 is 4.72 Å². The first-order valence-electron chi connectivity index (χ1n) is 9.17. The Bertz CT molecular complexity index is 1340.